The van der Waals surface area contributed by atoms with E-state index in [0.29, 0.717) is 11.4 Å². The number of hydrogen-bond acceptors (Lipinski definition) is 6. The predicted molar refractivity (Wildman–Crippen MR) is 99.4 cm³/mol. The zero-order chi connectivity index (χ0) is 17.9. The van der Waals surface area contributed by atoms with Gasteiger partial charge in [-0.15, -0.1) is 0 Å². The molecule has 0 spiro atoms. The molecule has 0 unspecified atom stereocenters. The van der Waals surface area contributed by atoms with E-state index in [1.165, 1.54) is 18.6 Å². The van der Waals surface area contributed by atoms with Gasteiger partial charge < -0.3 is 5.73 Å². The molecule has 4 rings (SSSR count). The SMILES string of the molecule is Nc1cc(C(=O)Nc2ncnc(-c3ccc4ccccc4c3)n2)ccn1. The molecule has 1 amide bonds. The van der Waals surface area contributed by atoms with Crippen molar-refractivity contribution in [2.45, 2.75) is 0 Å². The van der Waals surface area contributed by atoms with Crippen LogP contribution in [0.1, 0.15) is 10.4 Å². The van der Waals surface area contributed by atoms with Gasteiger partial charge in [-0.2, -0.15) is 4.98 Å². The number of carbonyl (C=O) groups is 1. The minimum atomic E-state index is -0.366. The van der Waals surface area contributed by atoms with E-state index < -0.39 is 0 Å². The Labute approximate surface area is 149 Å². The number of aromatic nitrogens is 4. The lowest BCUT2D eigenvalue weighted by atomic mass is 10.1. The van der Waals surface area contributed by atoms with Crippen molar-refractivity contribution in [1.82, 2.24) is 19.9 Å². The van der Waals surface area contributed by atoms with E-state index in [-0.39, 0.29) is 17.7 Å². The summed E-state index contributed by atoms with van der Waals surface area (Å²) in [4.78, 5) is 28.7. The van der Waals surface area contributed by atoms with E-state index in [9.17, 15) is 4.79 Å². The molecule has 2 aromatic carbocycles. The second-order valence-electron chi connectivity index (χ2n) is 5.62. The Morgan fingerprint density at radius 2 is 1.77 bits per heavy atom. The first kappa shape index (κ1) is 15.6. The summed E-state index contributed by atoms with van der Waals surface area (Å²) in [6.07, 6.45) is 2.84. The summed E-state index contributed by atoms with van der Waals surface area (Å²) in [5.74, 6) is 0.554. The van der Waals surface area contributed by atoms with Crippen LogP contribution in [-0.2, 0) is 0 Å². The van der Waals surface area contributed by atoms with Crippen LogP contribution < -0.4 is 11.1 Å². The maximum atomic E-state index is 12.3. The molecule has 0 saturated heterocycles. The van der Waals surface area contributed by atoms with Crippen LogP contribution in [0.3, 0.4) is 0 Å². The highest BCUT2D eigenvalue weighted by Crippen LogP contribution is 2.22. The van der Waals surface area contributed by atoms with Crippen LogP contribution >= 0.6 is 0 Å². The number of hydrogen-bond donors (Lipinski definition) is 2. The molecule has 0 radical (unpaired) electrons. The fourth-order valence-electron chi connectivity index (χ4n) is 2.59. The van der Waals surface area contributed by atoms with Crippen molar-refractivity contribution in [3.05, 3.63) is 72.7 Å². The zero-order valence-corrected chi connectivity index (χ0v) is 13.6. The summed E-state index contributed by atoms with van der Waals surface area (Å²) >= 11 is 0. The van der Waals surface area contributed by atoms with Crippen molar-refractivity contribution in [3.63, 3.8) is 0 Å². The summed E-state index contributed by atoms with van der Waals surface area (Å²) in [5.41, 5.74) is 6.83. The second kappa shape index (κ2) is 6.56. The predicted octanol–water partition coefficient (Wildman–Crippen LogP) is 2.92. The number of nitrogens with zero attached hydrogens (tertiary/aromatic N) is 4. The Bertz CT molecular complexity index is 1110. The highest BCUT2D eigenvalue weighted by atomic mass is 16.1. The van der Waals surface area contributed by atoms with Crippen molar-refractivity contribution >= 4 is 28.4 Å². The summed E-state index contributed by atoms with van der Waals surface area (Å²) in [6.45, 7) is 0. The third-order valence-corrected chi connectivity index (χ3v) is 3.85. The number of nitrogen functional groups attached to an aromatic ring is 1. The van der Waals surface area contributed by atoms with Crippen LogP contribution in [0.25, 0.3) is 22.2 Å². The lowest BCUT2D eigenvalue weighted by Gasteiger charge is -2.06. The van der Waals surface area contributed by atoms with Gasteiger partial charge in [-0.05, 0) is 29.0 Å². The van der Waals surface area contributed by atoms with Gasteiger partial charge >= 0.3 is 0 Å². The summed E-state index contributed by atoms with van der Waals surface area (Å²) in [5, 5.41) is 4.87. The molecule has 0 fully saturated rings. The second-order valence-corrected chi connectivity index (χ2v) is 5.62. The van der Waals surface area contributed by atoms with Crippen LogP contribution in [0.4, 0.5) is 11.8 Å². The van der Waals surface area contributed by atoms with E-state index in [1.807, 2.05) is 42.5 Å². The van der Waals surface area contributed by atoms with Crippen molar-refractivity contribution in [2.75, 3.05) is 11.1 Å². The van der Waals surface area contributed by atoms with Crippen LogP contribution in [0.5, 0.6) is 0 Å². The first-order valence-corrected chi connectivity index (χ1v) is 7.90. The van der Waals surface area contributed by atoms with E-state index in [4.69, 9.17) is 5.73 Å². The van der Waals surface area contributed by atoms with Gasteiger partial charge in [-0.3, -0.25) is 10.1 Å². The van der Waals surface area contributed by atoms with Crippen LogP contribution in [0.2, 0.25) is 0 Å². The molecule has 4 aromatic rings. The van der Waals surface area contributed by atoms with Crippen LogP contribution in [-0.4, -0.2) is 25.8 Å². The number of nitrogens with two attached hydrogens (primary N) is 1. The summed E-state index contributed by atoms with van der Waals surface area (Å²) < 4.78 is 0. The van der Waals surface area contributed by atoms with Crippen LogP contribution in [0, 0.1) is 0 Å². The van der Waals surface area contributed by atoms with Gasteiger partial charge in [0.2, 0.25) is 5.95 Å². The molecular formula is C19H14N6O. The minimum Gasteiger partial charge on any atom is -0.384 e. The molecule has 3 N–H and O–H groups in total. The van der Waals surface area contributed by atoms with Gasteiger partial charge in [0.1, 0.15) is 12.1 Å². The smallest absolute Gasteiger partial charge is 0.258 e. The Balaban J connectivity index is 1.62. The number of nitrogens with one attached hydrogen (secondary N) is 1. The number of anilines is 2. The molecule has 0 atom stereocenters. The van der Waals surface area contributed by atoms with Crippen LogP contribution in [0.15, 0.2) is 67.1 Å². The molecule has 126 valence electrons. The van der Waals surface area contributed by atoms with Gasteiger partial charge in [0, 0.05) is 17.3 Å². The highest BCUT2D eigenvalue weighted by molar-refractivity contribution is 6.03. The monoisotopic (exact) mass is 342 g/mol. The molecule has 0 aliphatic rings. The number of pyridine rings is 1. The first-order chi connectivity index (χ1) is 12.7. The lowest BCUT2D eigenvalue weighted by Crippen LogP contribution is -2.15. The van der Waals surface area contributed by atoms with E-state index in [1.54, 1.807) is 6.07 Å². The highest BCUT2D eigenvalue weighted by Gasteiger charge is 2.10. The van der Waals surface area contributed by atoms with Gasteiger partial charge in [0.15, 0.2) is 5.82 Å². The van der Waals surface area contributed by atoms with Gasteiger partial charge in [-0.25, -0.2) is 15.0 Å². The molecule has 2 heterocycles. The maximum Gasteiger partial charge on any atom is 0.258 e. The molecular weight excluding hydrogens is 328 g/mol. The minimum absolute atomic E-state index is 0.170. The van der Waals surface area contributed by atoms with Crippen molar-refractivity contribution in [3.8, 4) is 11.4 Å². The molecule has 0 bridgehead atoms. The average Bonchev–Trinajstić information content (AvgIpc) is 2.68. The molecule has 2 aromatic heterocycles. The van der Waals surface area contributed by atoms with E-state index in [0.717, 1.165) is 16.3 Å². The first-order valence-electron chi connectivity index (χ1n) is 7.90. The maximum absolute atomic E-state index is 12.3. The summed E-state index contributed by atoms with van der Waals surface area (Å²) in [7, 11) is 0. The third-order valence-electron chi connectivity index (χ3n) is 3.85. The number of carbonyl (C=O) groups excluding carboxylic acids is 1. The van der Waals surface area contributed by atoms with E-state index >= 15 is 0 Å². The van der Waals surface area contributed by atoms with Crippen molar-refractivity contribution in [1.29, 1.82) is 0 Å². The Kier molecular flexibility index (Phi) is 3.95. The number of benzene rings is 2. The van der Waals surface area contributed by atoms with Gasteiger partial charge in [0.05, 0.1) is 0 Å². The largest absolute Gasteiger partial charge is 0.384 e. The average molecular weight is 342 g/mol. The molecule has 0 saturated carbocycles. The quantitative estimate of drug-likeness (QED) is 0.593. The third kappa shape index (κ3) is 3.18. The Hall–Kier alpha value is -3.87. The summed E-state index contributed by atoms with van der Waals surface area (Å²) in [6, 6.07) is 17.0. The standard InChI is InChI=1S/C19H14N6O/c20-16-10-15(7-8-21-16)18(26)25-19-23-11-22-17(24-19)14-6-5-12-3-1-2-4-13(12)9-14/h1-11H,(H2,20,21)(H,22,23,24,25,26). The Morgan fingerprint density at radius 1 is 0.923 bits per heavy atom. The molecule has 7 nitrogen and oxygen atoms in total. The lowest BCUT2D eigenvalue weighted by molar-refractivity contribution is 0.102. The normalized spacial score (nSPS) is 10.6. The molecule has 7 heteroatoms. The molecule has 0 aliphatic carbocycles. The number of fused-ring (bicyclic) bond motifs is 1. The van der Waals surface area contributed by atoms with Gasteiger partial charge in [0.25, 0.3) is 5.91 Å². The van der Waals surface area contributed by atoms with E-state index in [2.05, 4.69) is 25.3 Å². The number of amides is 1. The molecule has 26 heavy (non-hydrogen) atoms. The van der Waals surface area contributed by atoms with Gasteiger partial charge in [-0.1, -0.05) is 36.4 Å². The molecule has 0 aliphatic heterocycles. The van der Waals surface area contributed by atoms with Crippen molar-refractivity contribution < 1.29 is 4.79 Å². The zero-order valence-electron chi connectivity index (χ0n) is 13.6. The fraction of sp³-hybridized carbons (Fsp3) is 0. The topological polar surface area (TPSA) is 107 Å². The fourth-order valence-corrected chi connectivity index (χ4v) is 2.59. The Morgan fingerprint density at radius 3 is 2.62 bits per heavy atom. The number of rotatable bonds is 3. The van der Waals surface area contributed by atoms with Crippen molar-refractivity contribution in [2.24, 2.45) is 0 Å².